The predicted octanol–water partition coefficient (Wildman–Crippen LogP) is 1.54. The van der Waals surface area contributed by atoms with Crippen LogP contribution in [0.25, 0.3) is 10.2 Å². The van der Waals surface area contributed by atoms with Gasteiger partial charge in [-0.05, 0) is 44.4 Å². The van der Waals surface area contributed by atoms with E-state index < -0.39 is 0 Å². The molecule has 0 bridgehead atoms. The lowest BCUT2D eigenvalue weighted by Gasteiger charge is -2.44. The highest BCUT2D eigenvalue weighted by Gasteiger charge is 2.41. The molecule has 3 fully saturated rings. The molecule has 4 heterocycles. The molecule has 3 saturated heterocycles. The molecule has 3 aliphatic heterocycles. The SMILES string of the molecule is O=C1NC(N2CCCCC2)NC(N[C@@H]2CCCNC2)C1c1nc2ccccc2s1. The zero-order valence-electron chi connectivity index (χ0n) is 16.7. The van der Waals surface area contributed by atoms with Gasteiger partial charge in [0.2, 0.25) is 5.91 Å². The number of benzene rings is 1. The Morgan fingerprint density at radius 2 is 2.00 bits per heavy atom. The van der Waals surface area contributed by atoms with Crippen molar-refractivity contribution < 1.29 is 4.79 Å². The van der Waals surface area contributed by atoms with Gasteiger partial charge in [-0.2, -0.15) is 0 Å². The number of aromatic nitrogens is 1. The summed E-state index contributed by atoms with van der Waals surface area (Å²) in [5, 5.41) is 15.1. The summed E-state index contributed by atoms with van der Waals surface area (Å²) < 4.78 is 1.13. The van der Waals surface area contributed by atoms with Gasteiger partial charge in [0.15, 0.2) is 0 Å². The maximum atomic E-state index is 13.3. The summed E-state index contributed by atoms with van der Waals surface area (Å²) in [5.41, 5.74) is 0.969. The van der Waals surface area contributed by atoms with Crippen molar-refractivity contribution in [3.05, 3.63) is 29.3 Å². The lowest BCUT2D eigenvalue weighted by molar-refractivity contribution is -0.130. The Kier molecular flexibility index (Phi) is 5.78. The number of hydrogen-bond donors (Lipinski definition) is 4. The summed E-state index contributed by atoms with van der Waals surface area (Å²) >= 11 is 1.63. The zero-order valence-corrected chi connectivity index (χ0v) is 17.5. The number of fused-ring (bicyclic) bond motifs is 1. The number of nitrogens with one attached hydrogen (secondary N) is 4. The molecule has 1 aromatic carbocycles. The van der Waals surface area contributed by atoms with E-state index in [1.807, 2.05) is 18.2 Å². The van der Waals surface area contributed by atoms with Crippen molar-refractivity contribution in [1.29, 1.82) is 0 Å². The monoisotopic (exact) mass is 414 g/mol. The van der Waals surface area contributed by atoms with Crippen LogP contribution in [0.15, 0.2) is 24.3 Å². The second-order valence-corrected chi connectivity index (χ2v) is 9.42. The largest absolute Gasteiger partial charge is 0.327 e. The van der Waals surface area contributed by atoms with Gasteiger partial charge in [0, 0.05) is 25.7 Å². The van der Waals surface area contributed by atoms with E-state index >= 15 is 0 Å². The first-order valence-electron chi connectivity index (χ1n) is 10.9. The topological polar surface area (TPSA) is 81.3 Å². The van der Waals surface area contributed by atoms with E-state index in [4.69, 9.17) is 4.98 Å². The third-order valence-electron chi connectivity index (χ3n) is 6.28. The molecule has 0 radical (unpaired) electrons. The van der Waals surface area contributed by atoms with Gasteiger partial charge in [-0.25, -0.2) is 4.98 Å². The lowest BCUT2D eigenvalue weighted by atomic mass is 10.00. The number of carbonyl (C=O) groups is 1. The van der Waals surface area contributed by atoms with Gasteiger partial charge in [0.05, 0.1) is 16.4 Å². The van der Waals surface area contributed by atoms with Gasteiger partial charge in [-0.3, -0.25) is 20.3 Å². The Bertz CT molecular complexity index is 812. The smallest absolute Gasteiger partial charge is 0.235 e. The van der Waals surface area contributed by atoms with E-state index in [2.05, 4.69) is 32.2 Å². The number of thiazole rings is 1. The van der Waals surface area contributed by atoms with Crippen LogP contribution in [0.4, 0.5) is 0 Å². The number of hydrogen-bond acceptors (Lipinski definition) is 7. The quantitative estimate of drug-likeness (QED) is 0.608. The molecule has 4 N–H and O–H groups in total. The summed E-state index contributed by atoms with van der Waals surface area (Å²) in [4.78, 5) is 20.5. The fourth-order valence-electron chi connectivity index (χ4n) is 4.73. The van der Waals surface area contributed by atoms with Gasteiger partial charge in [0.25, 0.3) is 0 Å². The highest BCUT2D eigenvalue weighted by atomic mass is 32.1. The standard InChI is InChI=1S/C21H30N6OS/c28-19-17(20-24-15-8-2-3-9-16(15)29-20)18(23-14-7-6-10-22-13-14)25-21(26-19)27-11-4-1-5-12-27/h2-3,8-9,14,17-18,21-23,25H,1,4-7,10-13H2,(H,26,28)/t14-,17?,18?,21?/m1/s1. The van der Waals surface area contributed by atoms with E-state index in [0.717, 1.165) is 54.2 Å². The molecule has 0 saturated carbocycles. The van der Waals surface area contributed by atoms with E-state index in [-0.39, 0.29) is 24.3 Å². The van der Waals surface area contributed by atoms with Crippen molar-refractivity contribution in [2.75, 3.05) is 26.2 Å². The van der Waals surface area contributed by atoms with Crippen LogP contribution in [-0.4, -0.2) is 60.5 Å². The maximum absolute atomic E-state index is 13.3. The van der Waals surface area contributed by atoms with E-state index in [9.17, 15) is 4.79 Å². The average Bonchev–Trinajstić information content (AvgIpc) is 3.18. The molecule has 29 heavy (non-hydrogen) atoms. The van der Waals surface area contributed by atoms with Crippen LogP contribution in [0.1, 0.15) is 43.0 Å². The minimum atomic E-state index is -0.324. The second kappa shape index (κ2) is 8.65. The number of carbonyl (C=O) groups excluding carboxylic acids is 1. The third-order valence-corrected chi connectivity index (χ3v) is 7.40. The first-order valence-corrected chi connectivity index (χ1v) is 11.7. The van der Waals surface area contributed by atoms with Crippen molar-refractivity contribution in [2.24, 2.45) is 0 Å². The van der Waals surface area contributed by atoms with Crippen LogP contribution in [0, 0.1) is 0 Å². The molecule has 1 amide bonds. The van der Waals surface area contributed by atoms with Crippen molar-refractivity contribution in [3.8, 4) is 0 Å². The number of piperidine rings is 2. The Balaban J connectivity index is 1.41. The molecule has 3 aliphatic rings. The first kappa shape index (κ1) is 19.4. The van der Waals surface area contributed by atoms with Crippen LogP contribution in [0.5, 0.6) is 0 Å². The molecule has 4 atom stereocenters. The van der Waals surface area contributed by atoms with Gasteiger partial charge >= 0.3 is 0 Å². The molecular weight excluding hydrogens is 384 g/mol. The van der Waals surface area contributed by atoms with Crippen LogP contribution in [-0.2, 0) is 4.79 Å². The second-order valence-electron chi connectivity index (χ2n) is 8.36. The molecule has 1 aromatic heterocycles. The molecule has 0 spiro atoms. The number of likely N-dealkylation sites (tertiary alicyclic amines) is 1. The third kappa shape index (κ3) is 4.18. The van der Waals surface area contributed by atoms with Crippen molar-refractivity contribution in [1.82, 2.24) is 31.2 Å². The van der Waals surface area contributed by atoms with Crippen LogP contribution < -0.4 is 21.3 Å². The highest BCUT2D eigenvalue weighted by molar-refractivity contribution is 7.18. The van der Waals surface area contributed by atoms with Crippen molar-refractivity contribution >= 4 is 27.5 Å². The molecule has 5 rings (SSSR count). The predicted molar refractivity (Wildman–Crippen MR) is 116 cm³/mol. The van der Waals surface area contributed by atoms with Gasteiger partial charge < -0.3 is 10.6 Å². The summed E-state index contributed by atoms with van der Waals surface area (Å²) in [6.07, 6.45) is 5.73. The molecule has 7 nitrogen and oxygen atoms in total. The molecule has 3 unspecified atom stereocenters. The van der Waals surface area contributed by atoms with Crippen molar-refractivity contribution in [3.63, 3.8) is 0 Å². The molecule has 2 aromatic rings. The lowest BCUT2D eigenvalue weighted by Crippen LogP contribution is -2.71. The molecule has 0 aliphatic carbocycles. The van der Waals surface area contributed by atoms with E-state index in [1.54, 1.807) is 11.3 Å². The Morgan fingerprint density at radius 1 is 1.14 bits per heavy atom. The Labute approximate surface area is 175 Å². The minimum absolute atomic E-state index is 0.0691. The van der Waals surface area contributed by atoms with E-state index in [1.165, 1.54) is 19.3 Å². The van der Waals surface area contributed by atoms with Gasteiger partial charge in [-0.1, -0.05) is 18.6 Å². The summed E-state index contributed by atoms with van der Waals surface area (Å²) in [6.45, 7) is 4.08. The van der Waals surface area contributed by atoms with Crippen LogP contribution in [0.3, 0.4) is 0 Å². The van der Waals surface area contributed by atoms with E-state index in [0.29, 0.717) is 6.04 Å². The highest BCUT2D eigenvalue weighted by Crippen LogP contribution is 2.31. The maximum Gasteiger partial charge on any atom is 0.235 e. The van der Waals surface area contributed by atoms with Gasteiger partial charge in [0.1, 0.15) is 17.2 Å². The van der Waals surface area contributed by atoms with Gasteiger partial charge in [-0.15, -0.1) is 11.3 Å². The molecular formula is C21H30N6OS. The van der Waals surface area contributed by atoms with Crippen molar-refractivity contribution in [2.45, 2.75) is 56.5 Å². The summed E-state index contributed by atoms with van der Waals surface area (Å²) in [6, 6.07) is 8.49. The Morgan fingerprint density at radius 3 is 2.79 bits per heavy atom. The molecule has 8 heteroatoms. The number of amides is 1. The summed E-state index contributed by atoms with van der Waals surface area (Å²) in [7, 11) is 0. The Hall–Kier alpha value is -1.58. The average molecular weight is 415 g/mol. The minimum Gasteiger partial charge on any atom is -0.327 e. The number of nitrogens with zero attached hydrogens (tertiary/aromatic N) is 2. The normalized spacial score (nSPS) is 31.7. The molecule has 156 valence electrons. The number of rotatable bonds is 4. The van der Waals surface area contributed by atoms with Crippen LogP contribution >= 0.6 is 11.3 Å². The fraction of sp³-hybridized carbons (Fsp3) is 0.619. The fourth-order valence-corrected chi connectivity index (χ4v) is 5.83. The summed E-state index contributed by atoms with van der Waals surface area (Å²) in [5.74, 6) is -0.255. The number of para-hydroxylation sites is 1. The first-order chi connectivity index (χ1) is 14.3. The zero-order chi connectivity index (χ0) is 19.6. The van der Waals surface area contributed by atoms with Crippen LogP contribution in [0.2, 0.25) is 0 Å².